The van der Waals surface area contributed by atoms with Gasteiger partial charge in [-0.15, -0.1) is 24.0 Å². The highest BCUT2D eigenvalue weighted by Gasteiger charge is 2.30. The zero-order chi connectivity index (χ0) is 17.6. The van der Waals surface area contributed by atoms with Gasteiger partial charge in [0.1, 0.15) is 0 Å². The second kappa shape index (κ2) is 10.7. The molecule has 1 heterocycles. The van der Waals surface area contributed by atoms with Gasteiger partial charge in [0, 0.05) is 30.7 Å². The van der Waals surface area contributed by atoms with Crippen LogP contribution in [0.1, 0.15) is 50.1 Å². The van der Waals surface area contributed by atoms with E-state index in [4.69, 9.17) is 11.6 Å². The second-order valence-electron chi connectivity index (χ2n) is 7.46. The number of halogens is 2. The van der Waals surface area contributed by atoms with Crippen molar-refractivity contribution in [3.05, 3.63) is 34.9 Å². The van der Waals surface area contributed by atoms with E-state index in [0.717, 1.165) is 24.1 Å². The molecular weight excluding hydrogens is 459 g/mol. The minimum atomic E-state index is 0. The Kier molecular flexibility index (Phi) is 8.97. The van der Waals surface area contributed by atoms with Crippen LogP contribution in [0.3, 0.4) is 0 Å². The Morgan fingerprint density at radius 2 is 2.00 bits per heavy atom. The molecule has 0 radical (unpaired) electrons. The maximum absolute atomic E-state index is 6.24. The first kappa shape index (κ1) is 21.8. The first-order valence-electron chi connectivity index (χ1n) is 9.60. The standard InChI is InChI=1S/C20H31ClN4.HI/c1-22-20(24-18-10-3-4-11-18)23-14-16-8-6-12-25(2)19(16)15-7-5-9-17(21)13-15;/h5,7,9,13,16,18-19H,3-4,6,8,10-12,14H2,1-2H3,(H2,22,23,24);1H. The molecule has 1 saturated carbocycles. The van der Waals surface area contributed by atoms with Gasteiger partial charge in [-0.3, -0.25) is 9.89 Å². The normalized spacial score (nSPS) is 25.0. The molecule has 1 aromatic carbocycles. The van der Waals surface area contributed by atoms with Crippen molar-refractivity contribution >= 4 is 41.5 Å². The quantitative estimate of drug-likeness (QED) is 0.372. The van der Waals surface area contributed by atoms with Gasteiger partial charge in [-0.05, 0) is 62.9 Å². The average Bonchev–Trinajstić information content (AvgIpc) is 3.11. The van der Waals surface area contributed by atoms with Crippen molar-refractivity contribution in [2.24, 2.45) is 10.9 Å². The maximum atomic E-state index is 6.24. The van der Waals surface area contributed by atoms with Gasteiger partial charge in [0.15, 0.2) is 5.96 Å². The van der Waals surface area contributed by atoms with Crippen LogP contribution in [0.15, 0.2) is 29.3 Å². The second-order valence-corrected chi connectivity index (χ2v) is 7.90. The number of nitrogens with zero attached hydrogens (tertiary/aromatic N) is 2. The Hall–Kier alpha value is -0.530. The highest BCUT2D eigenvalue weighted by Crippen LogP contribution is 2.35. The third kappa shape index (κ3) is 5.73. The lowest BCUT2D eigenvalue weighted by atomic mass is 9.85. The Bertz CT molecular complexity index is 589. The number of likely N-dealkylation sites (tertiary alicyclic amines) is 1. The smallest absolute Gasteiger partial charge is 0.191 e. The monoisotopic (exact) mass is 490 g/mol. The van der Waals surface area contributed by atoms with Crippen LogP contribution in [0.2, 0.25) is 5.02 Å². The number of hydrogen-bond acceptors (Lipinski definition) is 2. The number of hydrogen-bond donors (Lipinski definition) is 2. The molecule has 1 aliphatic heterocycles. The van der Waals surface area contributed by atoms with E-state index < -0.39 is 0 Å². The number of piperidine rings is 1. The van der Waals surface area contributed by atoms with Gasteiger partial charge < -0.3 is 10.6 Å². The van der Waals surface area contributed by atoms with E-state index >= 15 is 0 Å². The fourth-order valence-electron chi connectivity index (χ4n) is 4.38. The van der Waals surface area contributed by atoms with Crippen LogP contribution in [0.25, 0.3) is 0 Å². The van der Waals surface area contributed by atoms with E-state index in [1.807, 2.05) is 13.1 Å². The maximum Gasteiger partial charge on any atom is 0.191 e. The summed E-state index contributed by atoms with van der Waals surface area (Å²) in [6, 6.07) is 9.33. The van der Waals surface area contributed by atoms with Crippen LogP contribution in [-0.4, -0.2) is 44.1 Å². The SMILES string of the molecule is CN=C(NCC1CCCN(C)C1c1cccc(Cl)c1)NC1CCCC1.I. The fraction of sp³-hybridized carbons (Fsp3) is 0.650. The van der Waals surface area contributed by atoms with E-state index in [2.05, 4.69) is 45.8 Å². The van der Waals surface area contributed by atoms with E-state index in [1.54, 1.807) is 0 Å². The molecule has 1 aromatic rings. The minimum Gasteiger partial charge on any atom is -0.356 e. The molecule has 2 atom stereocenters. The van der Waals surface area contributed by atoms with Crippen molar-refractivity contribution < 1.29 is 0 Å². The topological polar surface area (TPSA) is 39.7 Å². The Morgan fingerprint density at radius 3 is 2.69 bits per heavy atom. The van der Waals surface area contributed by atoms with Gasteiger partial charge in [-0.2, -0.15) is 0 Å². The van der Waals surface area contributed by atoms with Crippen LogP contribution < -0.4 is 10.6 Å². The molecule has 0 bridgehead atoms. The highest BCUT2D eigenvalue weighted by atomic mass is 127. The largest absolute Gasteiger partial charge is 0.356 e. The third-order valence-corrected chi connectivity index (χ3v) is 5.88. The summed E-state index contributed by atoms with van der Waals surface area (Å²) in [7, 11) is 4.09. The fourth-order valence-corrected chi connectivity index (χ4v) is 4.58. The lowest BCUT2D eigenvalue weighted by molar-refractivity contribution is 0.122. The summed E-state index contributed by atoms with van der Waals surface area (Å²) >= 11 is 6.24. The molecule has 3 rings (SSSR count). The first-order valence-corrected chi connectivity index (χ1v) is 9.98. The van der Waals surface area contributed by atoms with Crippen LogP contribution in [-0.2, 0) is 0 Å². The van der Waals surface area contributed by atoms with Crippen molar-refractivity contribution in [1.82, 2.24) is 15.5 Å². The number of aliphatic imine (C=N–C) groups is 1. The van der Waals surface area contributed by atoms with Crippen molar-refractivity contribution in [2.45, 2.75) is 50.6 Å². The van der Waals surface area contributed by atoms with Crippen LogP contribution in [0.5, 0.6) is 0 Å². The van der Waals surface area contributed by atoms with E-state index in [-0.39, 0.29) is 24.0 Å². The third-order valence-electron chi connectivity index (χ3n) is 5.65. The molecule has 2 aliphatic rings. The Morgan fingerprint density at radius 1 is 1.23 bits per heavy atom. The summed E-state index contributed by atoms with van der Waals surface area (Å²) in [6.07, 6.45) is 7.66. The van der Waals surface area contributed by atoms with Crippen molar-refractivity contribution in [2.75, 3.05) is 27.2 Å². The number of benzene rings is 1. The lowest BCUT2D eigenvalue weighted by Crippen LogP contribution is -2.47. The summed E-state index contributed by atoms with van der Waals surface area (Å²) in [5.41, 5.74) is 1.32. The Balaban J connectivity index is 0.00000243. The van der Waals surface area contributed by atoms with Gasteiger partial charge in [-0.25, -0.2) is 0 Å². The van der Waals surface area contributed by atoms with Crippen LogP contribution >= 0.6 is 35.6 Å². The molecule has 4 nitrogen and oxygen atoms in total. The van der Waals surface area contributed by atoms with Crippen molar-refractivity contribution in [3.8, 4) is 0 Å². The zero-order valence-corrected chi connectivity index (χ0v) is 19.0. The summed E-state index contributed by atoms with van der Waals surface area (Å²) in [5.74, 6) is 1.50. The van der Waals surface area contributed by atoms with Gasteiger partial charge in [0.25, 0.3) is 0 Å². The predicted octanol–water partition coefficient (Wildman–Crippen LogP) is 4.45. The molecule has 1 aliphatic carbocycles. The molecule has 0 aromatic heterocycles. The zero-order valence-electron chi connectivity index (χ0n) is 15.9. The van der Waals surface area contributed by atoms with Crippen molar-refractivity contribution in [1.29, 1.82) is 0 Å². The molecule has 26 heavy (non-hydrogen) atoms. The number of rotatable bonds is 4. The van der Waals surface area contributed by atoms with Gasteiger partial charge in [0.2, 0.25) is 0 Å². The molecule has 6 heteroatoms. The molecule has 2 N–H and O–H groups in total. The first-order chi connectivity index (χ1) is 12.2. The summed E-state index contributed by atoms with van der Waals surface area (Å²) in [4.78, 5) is 6.89. The van der Waals surface area contributed by atoms with Crippen LogP contribution in [0, 0.1) is 5.92 Å². The van der Waals surface area contributed by atoms with E-state index in [9.17, 15) is 0 Å². The highest BCUT2D eigenvalue weighted by molar-refractivity contribution is 14.0. The van der Waals surface area contributed by atoms with Crippen LogP contribution in [0.4, 0.5) is 0 Å². The molecule has 0 spiro atoms. The minimum absolute atomic E-state index is 0. The van der Waals surface area contributed by atoms with E-state index in [1.165, 1.54) is 44.1 Å². The summed E-state index contributed by atoms with van der Waals surface area (Å²) in [5, 5.41) is 7.99. The molecule has 2 fully saturated rings. The van der Waals surface area contributed by atoms with Gasteiger partial charge in [0.05, 0.1) is 0 Å². The summed E-state index contributed by atoms with van der Waals surface area (Å²) in [6.45, 7) is 2.08. The average molecular weight is 491 g/mol. The predicted molar refractivity (Wildman–Crippen MR) is 122 cm³/mol. The summed E-state index contributed by atoms with van der Waals surface area (Å²) < 4.78 is 0. The molecule has 2 unspecified atom stereocenters. The Labute approximate surface area is 180 Å². The molecular formula is C20H32ClIN4. The molecule has 146 valence electrons. The van der Waals surface area contributed by atoms with Gasteiger partial charge in [-0.1, -0.05) is 36.6 Å². The van der Waals surface area contributed by atoms with Crippen molar-refractivity contribution in [3.63, 3.8) is 0 Å². The number of nitrogens with one attached hydrogen (secondary N) is 2. The van der Waals surface area contributed by atoms with E-state index in [0.29, 0.717) is 18.0 Å². The van der Waals surface area contributed by atoms with Gasteiger partial charge >= 0.3 is 0 Å². The molecule has 1 saturated heterocycles. The molecule has 0 amide bonds. The lowest BCUT2D eigenvalue weighted by Gasteiger charge is -2.40. The number of guanidine groups is 1.